The summed E-state index contributed by atoms with van der Waals surface area (Å²) in [5.74, 6) is -0.502. The van der Waals surface area contributed by atoms with E-state index in [2.05, 4.69) is 36.5 Å². The molecule has 0 aromatic heterocycles. The van der Waals surface area contributed by atoms with Crippen molar-refractivity contribution in [2.75, 3.05) is 6.54 Å². The van der Waals surface area contributed by atoms with Crippen LogP contribution in [-0.4, -0.2) is 34.9 Å². The molecule has 1 fully saturated rings. The maximum Gasteiger partial charge on any atom is 0.339 e. The Hall–Kier alpha value is -3.15. The van der Waals surface area contributed by atoms with Crippen molar-refractivity contribution in [2.45, 2.75) is 63.7 Å². The number of nitrogens with one attached hydrogen (secondary N) is 1. The Morgan fingerprint density at radius 3 is 2.34 bits per heavy atom. The molecule has 0 saturated heterocycles. The Labute approximate surface area is 207 Å². The number of rotatable bonds is 10. The highest BCUT2D eigenvalue weighted by Crippen LogP contribution is 2.31. The van der Waals surface area contributed by atoms with Crippen molar-refractivity contribution in [2.24, 2.45) is 0 Å². The van der Waals surface area contributed by atoms with Crippen molar-refractivity contribution < 1.29 is 19.7 Å². The summed E-state index contributed by atoms with van der Waals surface area (Å²) in [6.07, 6.45) is 5.85. The number of carbonyl (C=O) groups is 1. The average molecular weight is 474 g/mol. The summed E-state index contributed by atoms with van der Waals surface area (Å²) in [6.45, 7) is 2.62. The van der Waals surface area contributed by atoms with Gasteiger partial charge in [0.1, 0.15) is 11.3 Å². The maximum atomic E-state index is 11.7. The number of ether oxygens (including phenoxy) is 1. The number of hydrogen-bond donors (Lipinski definition) is 3. The lowest BCUT2D eigenvalue weighted by Crippen LogP contribution is -2.32. The third-order valence-corrected chi connectivity index (χ3v) is 6.73. The van der Waals surface area contributed by atoms with Crippen molar-refractivity contribution in [1.82, 2.24) is 5.32 Å². The summed E-state index contributed by atoms with van der Waals surface area (Å²) >= 11 is 0. The lowest BCUT2D eigenvalue weighted by atomic mass is 9.97. The molecule has 1 saturated carbocycles. The van der Waals surface area contributed by atoms with E-state index in [4.69, 9.17) is 4.74 Å². The first-order valence-corrected chi connectivity index (χ1v) is 12.6. The highest BCUT2D eigenvalue weighted by Gasteiger charge is 2.19. The van der Waals surface area contributed by atoms with Gasteiger partial charge in [-0.1, -0.05) is 67.1 Å². The third kappa shape index (κ3) is 6.93. The van der Waals surface area contributed by atoms with Gasteiger partial charge in [-0.3, -0.25) is 0 Å². The van der Waals surface area contributed by atoms with Gasteiger partial charge in [0, 0.05) is 12.6 Å². The van der Waals surface area contributed by atoms with Crippen molar-refractivity contribution in [1.29, 1.82) is 0 Å². The number of benzene rings is 3. The van der Waals surface area contributed by atoms with Gasteiger partial charge in [-0.2, -0.15) is 0 Å². The molecular weight excluding hydrogens is 438 g/mol. The zero-order valence-electron chi connectivity index (χ0n) is 20.3. The van der Waals surface area contributed by atoms with E-state index in [1.54, 1.807) is 6.07 Å². The topological polar surface area (TPSA) is 78.8 Å². The van der Waals surface area contributed by atoms with E-state index in [0.717, 1.165) is 48.8 Å². The summed E-state index contributed by atoms with van der Waals surface area (Å²) in [6, 6.07) is 23.6. The highest BCUT2D eigenvalue weighted by molar-refractivity contribution is 5.92. The first-order valence-electron chi connectivity index (χ1n) is 12.6. The zero-order chi connectivity index (χ0) is 24.6. The molecule has 0 bridgehead atoms. The Kier molecular flexibility index (Phi) is 8.56. The molecule has 1 aliphatic carbocycles. The molecule has 0 spiro atoms. The fourth-order valence-electron chi connectivity index (χ4n) is 4.70. The monoisotopic (exact) mass is 473 g/mol. The van der Waals surface area contributed by atoms with Crippen LogP contribution in [0.2, 0.25) is 0 Å². The van der Waals surface area contributed by atoms with Crippen molar-refractivity contribution in [3.63, 3.8) is 0 Å². The predicted molar refractivity (Wildman–Crippen MR) is 139 cm³/mol. The van der Waals surface area contributed by atoms with E-state index in [0.29, 0.717) is 12.3 Å². The summed E-state index contributed by atoms with van der Waals surface area (Å²) in [5, 5.41) is 23.4. The van der Waals surface area contributed by atoms with Gasteiger partial charge in [-0.15, -0.1) is 0 Å². The second-order valence-electron chi connectivity index (χ2n) is 9.53. The average Bonchev–Trinajstić information content (AvgIpc) is 2.88. The zero-order valence-corrected chi connectivity index (χ0v) is 20.3. The molecule has 0 radical (unpaired) electrons. The van der Waals surface area contributed by atoms with Crippen LogP contribution >= 0.6 is 0 Å². The molecule has 4 rings (SSSR count). The minimum absolute atomic E-state index is 0.0915. The molecule has 0 unspecified atom stereocenters. The van der Waals surface area contributed by atoms with Crippen LogP contribution in [0.15, 0.2) is 72.8 Å². The predicted octanol–water partition coefficient (Wildman–Crippen LogP) is 6.02. The fourth-order valence-corrected chi connectivity index (χ4v) is 4.70. The number of aliphatic hydroxyl groups excluding tert-OH is 1. The highest BCUT2D eigenvalue weighted by atomic mass is 16.5. The maximum absolute atomic E-state index is 11.7. The molecular formula is C30H35NO4. The third-order valence-electron chi connectivity index (χ3n) is 6.73. The van der Waals surface area contributed by atoms with Crippen molar-refractivity contribution in [3.05, 3.63) is 89.5 Å². The van der Waals surface area contributed by atoms with Gasteiger partial charge in [-0.25, -0.2) is 4.79 Å². The van der Waals surface area contributed by atoms with Crippen LogP contribution in [0.4, 0.5) is 0 Å². The second kappa shape index (κ2) is 12.0. The van der Waals surface area contributed by atoms with E-state index >= 15 is 0 Å². The summed E-state index contributed by atoms with van der Waals surface area (Å²) in [7, 11) is 0. The molecule has 184 valence electrons. The molecule has 0 aliphatic heterocycles. The first-order chi connectivity index (χ1) is 17.0. The number of hydrogen-bond acceptors (Lipinski definition) is 4. The molecule has 0 amide bonds. The minimum Gasteiger partial charge on any atom is -0.490 e. The van der Waals surface area contributed by atoms with Gasteiger partial charge in [-0.05, 0) is 73.4 Å². The van der Waals surface area contributed by atoms with Crippen LogP contribution in [0.1, 0.15) is 66.6 Å². The van der Waals surface area contributed by atoms with Crippen LogP contribution in [0, 0.1) is 0 Å². The molecule has 5 nitrogen and oxygen atoms in total. The van der Waals surface area contributed by atoms with Crippen molar-refractivity contribution in [3.8, 4) is 16.9 Å². The Bertz CT molecular complexity index is 1090. The van der Waals surface area contributed by atoms with E-state index in [1.165, 1.54) is 12.0 Å². The number of carboxylic acids is 1. The molecule has 3 N–H and O–H groups in total. The summed E-state index contributed by atoms with van der Waals surface area (Å²) in [5.41, 5.74) is 4.30. The van der Waals surface area contributed by atoms with E-state index < -0.39 is 12.1 Å². The normalized spacial score (nSPS) is 15.9. The Morgan fingerprint density at radius 1 is 0.971 bits per heavy atom. The molecule has 3 aromatic rings. The fraction of sp³-hybridized carbons (Fsp3) is 0.367. The van der Waals surface area contributed by atoms with Crippen LogP contribution in [0.3, 0.4) is 0 Å². The number of aromatic carboxylic acids is 1. The number of carboxylic acid groups (broad SMARTS) is 1. The van der Waals surface area contributed by atoms with Gasteiger partial charge in [0.25, 0.3) is 0 Å². The van der Waals surface area contributed by atoms with Gasteiger partial charge >= 0.3 is 5.97 Å². The Morgan fingerprint density at radius 2 is 1.66 bits per heavy atom. The largest absolute Gasteiger partial charge is 0.490 e. The van der Waals surface area contributed by atoms with Gasteiger partial charge < -0.3 is 20.3 Å². The van der Waals surface area contributed by atoms with E-state index in [1.807, 2.05) is 42.5 Å². The molecule has 35 heavy (non-hydrogen) atoms. The Balaban J connectivity index is 1.38. The molecule has 2 atom stereocenters. The quantitative estimate of drug-likeness (QED) is 0.336. The van der Waals surface area contributed by atoms with Gasteiger partial charge in [0.2, 0.25) is 0 Å². The van der Waals surface area contributed by atoms with Crippen LogP contribution < -0.4 is 10.1 Å². The van der Waals surface area contributed by atoms with Gasteiger partial charge in [0.05, 0.1) is 12.2 Å². The molecule has 5 heteroatoms. The SMILES string of the molecule is C[C@H](Cc1ccc(-c2ccc(C(=O)O)c(OC3CCCCC3)c2)cc1)NC[C@H](O)c1ccccc1. The van der Waals surface area contributed by atoms with Gasteiger partial charge in [0.15, 0.2) is 0 Å². The van der Waals surface area contributed by atoms with Crippen LogP contribution in [0.5, 0.6) is 5.75 Å². The number of aliphatic hydroxyl groups is 1. The van der Waals surface area contributed by atoms with E-state index in [9.17, 15) is 15.0 Å². The minimum atomic E-state index is -0.962. The lowest BCUT2D eigenvalue weighted by Gasteiger charge is -2.24. The first kappa shape index (κ1) is 25.0. The smallest absolute Gasteiger partial charge is 0.339 e. The standard InChI is InChI=1S/C30H35NO4/c1-21(31-20-28(32)24-8-4-2-5-9-24)18-22-12-14-23(15-13-22)25-16-17-27(30(33)34)29(19-25)35-26-10-6-3-7-11-26/h2,4-5,8-9,12-17,19,21,26,28,31-32H,3,6-7,10-11,18,20H2,1H3,(H,33,34)/t21-,28+/m1/s1. The summed E-state index contributed by atoms with van der Waals surface area (Å²) in [4.78, 5) is 11.7. The van der Waals surface area contributed by atoms with Crippen molar-refractivity contribution >= 4 is 5.97 Å². The lowest BCUT2D eigenvalue weighted by molar-refractivity contribution is 0.0686. The second-order valence-corrected chi connectivity index (χ2v) is 9.53. The van der Waals surface area contributed by atoms with E-state index in [-0.39, 0.29) is 17.7 Å². The van der Waals surface area contributed by atoms with Crippen LogP contribution in [-0.2, 0) is 6.42 Å². The molecule has 0 heterocycles. The molecule has 3 aromatic carbocycles. The molecule has 1 aliphatic rings. The van der Waals surface area contributed by atoms with Crippen LogP contribution in [0.25, 0.3) is 11.1 Å². The summed E-state index contributed by atoms with van der Waals surface area (Å²) < 4.78 is 6.15.